The van der Waals surface area contributed by atoms with E-state index in [4.69, 9.17) is 15.9 Å². The number of aromatic nitrogens is 1. The third-order valence-corrected chi connectivity index (χ3v) is 2.09. The summed E-state index contributed by atoms with van der Waals surface area (Å²) in [5.74, 6) is 0.711. The number of aryl methyl sites for hydroxylation is 1. The van der Waals surface area contributed by atoms with Gasteiger partial charge in [-0.2, -0.15) is 0 Å². The molecule has 1 heterocycles. The number of rotatable bonds is 3. The number of fused-ring (bicyclic) bond motifs is 1. The molecule has 0 fully saturated rings. The van der Waals surface area contributed by atoms with Gasteiger partial charge >= 0.3 is 0 Å². The molecule has 4 nitrogen and oxygen atoms in total. The number of nitrogen functional groups attached to an aromatic ring is 1. The Kier molecular flexibility index (Phi) is 2.37. The van der Waals surface area contributed by atoms with Crippen LogP contribution < -0.4 is 11.5 Å². The van der Waals surface area contributed by atoms with Gasteiger partial charge in [0.1, 0.15) is 5.52 Å². The fraction of sp³-hybridized carbons (Fsp3) is 0.300. The van der Waals surface area contributed by atoms with Gasteiger partial charge in [0.2, 0.25) is 0 Å². The Hall–Kier alpha value is -1.55. The minimum Gasteiger partial charge on any atom is -0.441 e. The van der Waals surface area contributed by atoms with E-state index in [2.05, 4.69) is 4.98 Å². The van der Waals surface area contributed by atoms with Gasteiger partial charge in [0, 0.05) is 6.42 Å². The van der Waals surface area contributed by atoms with E-state index in [0.717, 1.165) is 23.9 Å². The first-order valence-electron chi connectivity index (χ1n) is 4.65. The number of nitrogens with two attached hydrogens (primary N) is 2. The summed E-state index contributed by atoms with van der Waals surface area (Å²) in [5, 5.41) is 0. The Morgan fingerprint density at radius 1 is 1.36 bits per heavy atom. The summed E-state index contributed by atoms with van der Waals surface area (Å²) in [5.41, 5.74) is 13.3. The lowest BCUT2D eigenvalue weighted by Gasteiger charge is -1.89. The fourth-order valence-electron chi connectivity index (χ4n) is 1.38. The third kappa shape index (κ3) is 1.56. The molecule has 0 saturated carbocycles. The summed E-state index contributed by atoms with van der Waals surface area (Å²) in [4.78, 5) is 4.30. The van der Waals surface area contributed by atoms with Gasteiger partial charge in [-0.15, -0.1) is 0 Å². The van der Waals surface area contributed by atoms with Crippen LogP contribution in [0.5, 0.6) is 0 Å². The molecule has 2 rings (SSSR count). The van der Waals surface area contributed by atoms with Gasteiger partial charge in [-0.1, -0.05) is 6.07 Å². The van der Waals surface area contributed by atoms with Crippen molar-refractivity contribution in [3.05, 3.63) is 24.1 Å². The number of para-hydroxylation sites is 1. The Labute approximate surface area is 81.9 Å². The summed E-state index contributed by atoms with van der Waals surface area (Å²) in [6.45, 7) is 0.647. The molecule has 1 aromatic carbocycles. The van der Waals surface area contributed by atoms with Crippen LogP contribution in [0.2, 0.25) is 0 Å². The van der Waals surface area contributed by atoms with E-state index in [1.807, 2.05) is 18.2 Å². The van der Waals surface area contributed by atoms with E-state index < -0.39 is 0 Å². The number of hydrogen-bond donors (Lipinski definition) is 2. The highest BCUT2D eigenvalue weighted by Crippen LogP contribution is 2.21. The molecule has 4 N–H and O–H groups in total. The van der Waals surface area contributed by atoms with Crippen LogP contribution in [0.4, 0.5) is 5.69 Å². The second kappa shape index (κ2) is 3.67. The average Bonchev–Trinajstić information content (AvgIpc) is 2.59. The largest absolute Gasteiger partial charge is 0.441 e. The Balaban J connectivity index is 2.36. The number of hydrogen-bond acceptors (Lipinski definition) is 4. The van der Waals surface area contributed by atoms with Crippen molar-refractivity contribution in [3.63, 3.8) is 0 Å². The maximum absolute atomic E-state index is 5.75. The molecule has 0 aliphatic heterocycles. The molecule has 0 spiro atoms. The average molecular weight is 191 g/mol. The molecule has 0 atom stereocenters. The maximum Gasteiger partial charge on any atom is 0.195 e. The molecule has 4 heteroatoms. The fourth-order valence-corrected chi connectivity index (χ4v) is 1.38. The van der Waals surface area contributed by atoms with Crippen LogP contribution in [-0.2, 0) is 6.42 Å². The molecular formula is C10H13N3O. The molecule has 2 aromatic rings. The lowest BCUT2D eigenvalue weighted by Crippen LogP contribution is -2.00. The van der Waals surface area contributed by atoms with Gasteiger partial charge in [-0.25, -0.2) is 4.98 Å². The summed E-state index contributed by atoms with van der Waals surface area (Å²) in [6, 6.07) is 5.54. The number of nitrogens with zero attached hydrogens (tertiary/aromatic N) is 1. The quantitative estimate of drug-likeness (QED) is 0.717. The molecular weight excluding hydrogens is 178 g/mol. The monoisotopic (exact) mass is 191 g/mol. The van der Waals surface area contributed by atoms with Crippen molar-refractivity contribution in [3.8, 4) is 0 Å². The van der Waals surface area contributed by atoms with Crippen molar-refractivity contribution < 1.29 is 4.42 Å². The van der Waals surface area contributed by atoms with Gasteiger partial charge in [-0.05, 0) is 25.1 Å². The van der Waals surface area contributed by atoms with Crippen LogP contribution in [-0.4, -0.2) is 11.5 Å². The van der Waals surface area contributed by atoms with Crippen LogP contribution in [0.3, 0.4) is 0 Å². The first-order valence-corrected chi connectivity index (χ1v) is 4.65. The zero-order chi connectivity index (χ0) is 9.97. The summed E-state index contributed by atoms with van der Waals surface area (Å²) in [7, 11) is 0. The topological polar surface area (TPSA) is 78.1 Å². The molecule has 14 heavy (non-hydrogen) atoms. The maximum atomic E-state index is 5.75. The van der Waals surface area contributed by atoms with E-state index in [-0.39, 0.29) is 0 Å². The number of anilines is 1. The lowest BCUT2D eigenvalue weighted by molar-refractivity contribution is 0.521. The van der Waals surface area contributed by atoms with Crippen LogP contribution in [0.25, 0.3) is 11.1 Å². The second-order valence-electron chi connectivity index (χ2n) is 3.19. The zero-order valence-electron chi connectivity index (χ0n) is 7.86. The molecule has 0 radical (unpaired) electrons. The minimum absolute atomic E-state index is 0.647. The van der Waals surface area contributed by atoms with Crippen LogP contribution in [0.15, 0.2) is 22.6 Å². The molecule has 1 aromatic heterocycles. The standard InChI is InChI=1S/C10H13N3O/c11-6-2-5-9-13-10-7(12)3-1-4-8(10)14-9/h1,3-4H,2,5-6,11-12H2. The Morgan fingerprint density at radius 2 is 2.21 bits per heavy atom. The normalized spacial score (nSPS) is 10.9. The molecule has 0 aliphatic carbocycles. The van der Waals surface area contributed by atoms with Crippen molar-refractivity contribution in [2.45, 2.75) is 12.8 Å². The zero-order valence-corrected chi connectivity index (χ0v) is 7.86. The lowest BCUT2D eigenvalue weighted by atomic mass is 10.3. The Morgan fingerprint density at radius 3 is 2.93 bits per heavy atom. The smallest absolute Gasteiger partial charge is 0.195 e. The molecule has 0 bridgehead atoms. The molecule has 0 saturated heterocycles. The van der Waals surface area contributed by atoms with Crippen LogP contribution >= 0.6 is 0 Å². The van der Waals surface area contributed by atoms with E-state index in [1.165, 1.54) is 0 Å². The Bertz CT molecular complexity index is 436. The SMILES string of the molecule is NCCCc1nc2c(N)cccc2o1. The van der Waals surface area contributed by atoms with E-state index in [1.54, 1.807) is 0 Å². The molecule has 0 unspecified atom stereocenters. The predicted octanol–water partition coefficient (Wildman–Crippen LogP) is 1.30. The van der Waals surface area contributed by atoms with Crippen molar-refractivity contribution in [2.24, 2.45) is 5.73 Å². The summed E-state index contributed by atoms with van der Waals surface area (Å²) >= 11 is 0. The number of benzene rings is 1. The van der Waals surface area contributed by atoms with Gasteiger partial charge in [0.05, 0.1) is 5.69 Å². The van der Waals surface area contributed by atoms with Crippen molar-refractivity contribution in [1.29, 1.82) is 0 Å². The minimum atomic E-state index is 0.647. The van der Waals surface area contributed by atoms with Crippen LogP contribution in [0.1, 0.15) is 12.3 Å². The van der Waals surface area contributed by atoms with Gasteiger partial charge in [0.25, 0.3) is 0 Å². The van der Waals surface area contributed by atoms with Crippen molar-refractivity contribution in [2.75, 3.05) is 12.3 Å². The predicted molar refractivity (Wildman–Crippen MR) is 55.8 cm³/mol. The first-order chi connectivity index (χ1) is 6.81. The van der Waals surface area contributed by atoms with E-state index >= 15 is 0 Å². The van der Waals surface area contributed by atoms with Crippen LogP contribution in [0, 0.1) is 0 Å². The third-order valence-electron chi connectivity index (χ3n) is 2.09. The number of oxazole rings is 1. The van der Waals surface area contributed by atoms with E-state index in [0.29, 0.717) is 18.1 Å². The first kappa shape index (κ1) is 9.02. The van der Waals surface area contributed by atoms with Gasteiger partial charge in [0.15, 0.2) is 11.5 Å². The van der Waals surface area contributed by atoms with Crippen molar-refractivity contribution >= 4 is 16.8 Å². The van der Waals surface area contributed by atoms with Gasteiger partial charge < -0.3 is 15.9 Å². The highest BCUT2D eigenvalue weighted by molar-refractivity contribution is 5.85. The molecule has 0 amide bonds. The van der Waals surface area contributed by atoms with Gasteiger partial charge in [-0.3, -0.25) is 0 Å². The van der Waals surface area contributed by atoms with Crippen molar-refractivity contribution in [1.82, 2.24) is 4.98 Å². The second-order valence-corrected chi connectivity index (χ2v) is 3.19. The molecule has 74 valence electrons. The molecule has 0 aliphatic rings. The van der Waals surface area contributed by atoms with E-state index in [9.17, 15) is 0 Å². The highest BCUT2D eigenvalue weighted by Gasteiger charge is 2.06. The summed E-state index contributed by atoms with van der Waals surface area (Å²) in [6.07, 6.45) is 1.65. The highest BCUT2D eigenvalue weighted by atomic mass is 16.3. The summed E-state index contributed by atoms with van der Waals surface area (Å²) < 4.78 is 5.50.